The van der Waals surface area contributed by atoms with Crippen molar-refractivity contribution in [3.63, 3.8) is 0 Å². The van der Waals surface area contributed by atoms with Crippen LogP contribution in [0.5, 0.6) is 0 Å². The Hall–Kier alpha value is -1.85. The fourth-order valence-corrected chi connectivity index (χ4v) is 1.42. The second-order valence-corrected chi connectivity index (χ2v) is 4.24. The summed E-state index contributed by atoms with van der Waals surface area (Å²) in [7, 11) is 1.74. The summed E-state index contributed by atoms with van der Waals surface area (Å²) >= 11 is 0. The number of aryl methyl sites for hydroxylation is 1. The Kier molecular flexibility index (Phi) is 4.25. The smallest absolute Gasteiger partial charge is 0.240 e. The maximum Gasteiger partial charge on any atom is 0.240 e. The van der Waals surface area contributed by atoms with E-state index in [2.05, 4.69) is 20.6 Å². The van der Waals surface area contributed by atoms with Crippen molar-refractivity contribution in [3.05, 3.63) is 11.8 Å². The van der Waals surface area contributed by atoms with Crippen molar-refractivity contribution in [1.82, 2.24) is 9.97 Å². The van der Waals surface area contributed by atoms with E-state index < -0.39 is 6.04 Å². The first kappa shape index (κ1) is 13.2. The Labute approximate surface area is 101 Å². The molecule has 0 radical (unpaired) electrons. The van der Waals surface area contributed by atoms with Gasteiger partial charge in [0, 0.05) is 18.8 Å². The van der Waals surface area contributed by atoms with Crippen LogP contribution in [0.15, 0.2) is 6.20 Å². The molecule has 1 unspecified atom stereocenters. The summed E-state index contributed by atoms with van der Waals surface area (Å²) in [5.74, 6) is 0.843. The third-order valence-corrected chi connectivity index (χ3v) is 2.46. The van der Waals surface area contributed by atoms with E-state index in [1.807, 2.05) is 20.8 Å². The summed E-state index contributed by atoms with van der Waals surface area (Å²) in [6.07, 6.45) is 1.69. The second kappa shape index (κ2) is 5.47. The highest BCUT2D eigenvalue weighted by Crippen LogP contribution is 2.16. The van der Waals surface area contributed by atoms with Crippen LogP contribution in [0.4, 0.5) is 11.8 Å². The fourth-order valence-electron chi connectivity index (χ4n) is 1.42. The number of amides is 1. The van der Waals surface area contributed by atoms with Gasteiger partial charge < -0.3 is 16.4 Å². The summed E-state index contributed by atoms with van der Waals surface area (Å²) in [6.45, 7) is 5.73. The Bertz CT molecular complexity index is 405. The third kappa shape index (κ3) is 3.30. The number of primary amides is 1. The highest BCUT2D eigenvalue weighted by atomic mass is 16.1. The molecular weight excluding hydrogens is 218 g/mol. The first-order chi connectivity index (χ1) is 7.95. The molecule has 0 aliphatic carbocycles. The van der Waals surface area contributed by atoms with Crippen LogP contribution in [0.2, 0.25) is 0 Å². The molecule has 1 rings (SSSR count). The molecule has 0 fully saturated rings. The minimum Gasteiger partial charge on any atom is -0.368 e. The second-order valence-electron chi connectivity index (χ2n) is 4.24. The summed E-state index contributed by atoms with van der Waals surface area (Å²) < 4.78 is 0. The molecule has 0 spiro atoms. The predicted octanol–water partition coefficient (Wildman–Crippen LogP) is 0.749. The zero-order chi connectivity index (χ0) is 13.0. The van der Waals surface area contributed by atoms with Gasteiger partial charge in [-0.15, -0.1) is 0 Å². The van der Waals surface area contributed by atoms with Crippen LogP contribution >= 0.6 is 0 Å². The number of anilines is 2. The van der Waals surface area contributed by atoms with Crippen molar-refractivity contribution in [1.29, 1.82) is 0 Å². The van der Waals surface area contributed by atoms with Crippen LogP contribution in [0.1, 0.15) is 19.4 Å². The number of carbonyl (C=O) groups excluding carboxylic acids is 1. The van der Waals surface area contributed by atoms with Gasteiger partial charge in [0.05, 0.1) is 0 Å². The number of nitrogens with one attached hydrogen (secondary N) is 2. The Morgan fingerprint density at radius 3 is 2.59 bits per heavy atom. The number of hydrogen-bond acceptors (Lipinski definition) is 5. The van der Waals surface area contributed by atoms with Gasteiger partial charge in [0.25, 0.3) is 0 Å². The predicted molar refractivity (Wildman–Crippen MR) is 67.8 cm³/mol. The largest absolute Gasteiger partial charge is 0.368 e. The molecule has 0 aliphatic rings. The zero-order valence-electron chi connectivity index (χ0n) is 10.6. The first-order valence-electron chi connectivity index (χ1n) is 5.53. The van der Waals surface area contributed by atoms with Crippen LogP contribution in [-0.4, -0.2) is 29.0 Å². The van der Waals surface area contributed by atoms with Crippen LogP contribution < -0.4 is 16.4 Å². The lowest BCUT2D eigenvalue weighted by atomic mass is 10.0. The Morgan fingerprint density at radius 2 is 2.12 bits per heavy atom. The summed E-state index contributed by atoms with van der Waals surface area (Å²) in [5.41, 5.74) is 6.22. The van der Waals surface area contributed by atoms with Crippen molar-refractivity contribution in [2.45, 2.75) is 26.8 Å². The standard InChI is InChI=1S/C11H19N5O/c1-6(2)8(9(12)17)15-10-7(3)5-14-11(13-4)16-10/h5-6,8H,1-4H3,(H2,12,17)(H2,13,14,15,16). The molecule has 6 nitrogen and oxygen atoms in total. The van der Waals surface area contributed by atoms with E-state index in [0.717, 1.165) is 5.56 Å². The molecule has 17 heavy (non-hydrogen) atoms. The highest BCUT2D eigenvalue weighted by Gasteiger charge is 2.20. The van der Waals surface area contributed by atoms with Gasteiger partial charge >= 0.3 is 0 Å². The molecule has 1 atom stereocenters. The Morgan fingerprint density at radius 1 is 1.47 bits per heavy atom. The maximum atomic E-state index is 11.3. The fraction of sp³-hybridized carbons (Fsp3) is 0.545. The number of rotatable bonds is 5. The van der Waals surface area contributed by atoms with E-state index >= 15 is 0 Å². The normalized spacial score (nSPS) is 12.3. The van der Waals surface area contributed by atoms with Gasteiger partial charge in [0.2, 0.25) is 11.9 Å². The van der Waals surface area contributed by atoms with Crippen molar-refractivity contribution in [3.8, 4) is 0 Å². The SMILES string of the molecule is CNc1ncc(C)c(NC(C(N)=O)C(C)C)n1. The van der Waals surface area contributed by atoms with E-state index in [1.165, 1.54) is 0 Å². The summed E-state index contributed by atoms with van der Waals surface area (Å²) in [4.78, 5) is 19.6. The van der Waals surface area contributed by atoms with E-state index in [9.17, 15) is 4.79 Å². The zero-order valence-corrected chi connectivity index (χ0v) is 10.6. The van der Waals surface area contributed by atoms with Gasteiger partial charge in [-0.2, -0.15) is 4.98 Å². The lowest BCUT2D eigenvalue weighted by molar-refractivity contribution is -0.119. The van der Waals surface area contributed by atoms with Crippen LogP contribution in [-0.2, 0) is 4.79 Å². The number of nitrogens with zero attached hydrogens (tertiary/aromatic N) is 2. The highest BCUT2D eigenvalue weighted by molar-refractivity contribution is 5.83. The number of aromatic nitrogens is 2. The molecule has 1 amide bonds. The summed E-state index contributed by atoms with van der Waals surface area (Å²) in [6, 6.07) is -0.437. The van der Waals surface area contributed by atoms with E-state index in [1.54, 1.807) is 13.2 Å². The Balaban J connectivity index is 2.96. The molecule has 0 saturated heterocycles. The minimum atomic E-state index is -0.437. The molecule has 0 aliphatic heterocycles. The third-order valence-electron chi connectivity index (χ3n) is 2.46. The van der Waals surface area contributed by atoms with E-state index in [-0.39, 0.29) is 11.8 Å². The maximum absolute atomic E-state index is 11.3. The average molecular weight is 237 g/mol. The molecule has 1 heterocycles. The van der Waals surface area contributed by atoms with Gasteiger partial charge in [0.1, 0.15) is 11.9 Å². The van der Waals surface area contributed by atoms with Gasteiger partial charge in [-0.25, -0.2) is 4.98 Å². The molecule has 6 heteroatoms. The molecule has 0 aromatic carbocycles. The van der Waals surface area contributed by atoms with E-state index in [0.29, 0.717) is 11.8 Å². The van der Waals surface area contributed by atoms with Gasteiger partial charge in [-0.1, -0.05) is 13.8 Å². The molecule has 1 aromatic rings. The lowest BCUT2D eigenvalue weighted by Crippen LogP contribution is -2.40. The molecule has 0 saturated carbocycles. The lowest BCUT2D eigenvalue weighted by Gasteiger charge is -2.20. The summed E-state index contributed by atoms with van der Waals surface area (Å²) in [5, 5.41) is 5.90. The van der Waals surface area contributed by atoms with Gasteiger partial charge in [0.15, 0.2) is 0 Å². The van der Waals surface area contributed by atoms with E-state index in [4.69, 9.17) is 5.73 Å². The minimum absolute atomic E-state index is 0.0971. The topological polar surface area (TPSA) is 92.9 Å². The molecule has 94 valence electrons. The average Bonchev–Trinajstić information content (AvgIpc) is 2.27. The van der Waals surface area contributed by atoms with Crippen molar-refractivity contribution in [2.24, 2.45) is 11.7 Å². The molecular formula is C11H19N5O. The van der Waals surface area contributed by atoms with Crippen LogP contribution in [0.25, 0.3) is 0 Å². The number of carbonyl (C=O) groups is 1. The van der Waals surface area contributed by atoms with Crippen molar-refractivity contribution < 1.29 is 4.79 Å². The van der Waals surface area contributed by atoms with Gasteiger partial charge in [-0.3, -0.25) is 4.79 Å². The molecule has 4 N–H and O–H groups in total. The molecule has 1 aromatic heterocycles. The first-order valence-corrected chi connectivity index (χ1v) is 5.53. The van der Waals surface area contributed by atoms with Crippen LogP contribution in [0.3, 0.4) is 0 Å². The monoisotopic (exact) mass is 237 g/mol. The number of hydrogen-bond donors (Lipinski definition) is 3. The molecule has 0 bridgehead atoms. The number of nitrogens with two attached hydrogens (primary N) is 1. The van der Waals surface area contributed by atoms with Crippen molar-refractivity contribution >= 4 is 17.7 Å². The van der Waals surface area contributed by atoms with Crippen LogP contribution in [0, 0.1) is 12.8 Å². The van der Waals surface area contributed by atoms with Gasteiger partial charge in [-0.05, 0) is 12.8 Å². The quantitative estimate of drug-likeness (QED) is 0.702. The van der Waals surface area contributed by atoms with Crippen molar-refractivity contribution in [2.75, 3.05) is 17.7 Å².